The quantitative estimate of drug-likeness (QED) is 0.440. The molecule has 196 valence electrons. The van der Waals surface area contributed by atoms with Crippen LogP contribution in [0.4, 0.5) is 0 Å². The van der Waals surface area contributed by atoms with Gasteiger partial charge < -0.3 is 9.80 Å². The molecule has 4 fully saturated rings. The van der Waals surface area contributed by atoms with Gasteiger partial charge >= 0.3 is 0 Å². The van der Waals surface area contributed by atoms with Crippen LogP contribution >= 0.6 is 11.6 Å². The third kappa shape index (κ3) is 4.39. The maximum absolute atomic E-state index is 14.5. The Morgan fingerprint density at radius 2 is 1.43 bits per heavy atom. The van der Waals surface area contributed by atoms with Crippen molar-refractivity contribution in [1.29, 1.82) is 0 Å². The van der Waals surface area contributed by atoms with Crippen molar-refractivity contribution in [2.24, 2.45) is 11.3 Å². The lowest BCUT2D eigenvalue weighted by Gasteiger charge is -2.62. The molecule has 2 aromatic carbocycles. The topological polar surface area (TPSA) is 40.6 Å². The van der Waals surface area contributed by atoms with E-state index in [0.29, 0.717) is 10.9 Å². The predicted molar refractivity (Wildman–Crippen MR) is 147 cm³/mol. The summed E-state index contributed by atoms with van der Waals surface area (Å²) in [6.45, 7) is 2.44. The molecule has 1 atom stereocenters. The van der Waals surface area contributed by atoms with E-state index in [1.54, 1.807) is 0 Å². The van der Waals surface area contributed by atoms with Gasteiger partial charge in [-0.15, -0.1) is 0 Å². The van der Waals surface area contributed by atoms with Crippen LogP contribution in [0.25, 0.3) is 0 Å². The highest BCUT2D eigenvalue weighted by atomic mass is 35.5. The molecule has 2 saturated heterocycles. The number of piperidine rings is 1. The van der Waals surface area contributed by atoms with Gasteiger partial charge in [0.05, 0.1) is 11.5 Å². The highest BCUT2D eigenvalue weighted by Gasteiger charge is 2.59. The fourth-order valence-corrected chi connectivity index (χ4v) is 8.08. The zero-order valence-corrected chi connectivity index (χ0v) is 22.6. The SMILES string of the molecule is O=C(C1CCCCC1)N1CCC2(CC1)CN(C(=O)C1(c3ccc(Cl)cc3)CCCC1)C2c1ccccc1. The van der Waals surface area contributed by atoms with Crippen molar-refractivity contribution >= 4 is 23.4 Å². The minimum absolute atomic E-state index is 0.0557. The Morgan fingerprint density at radius 3 is 2.08 bits per heavy atom. The second-order valence-corrected chi connectivity index (χ2v) is 12.5. The lowest BCUT2D eigenvalue weighted by molar-refractivity contribution is -0.172. The first kappa shape index (κ1) is 25.0. The van der Waals surface area contributed by atoms with Crippen molar-refractivity contribution in [3.63, 3.8) is 0 Å². The van der Waals surface area contributed by atoms with E-state index in [9.17, 15) is 9.59 Å². The average molecular weight is 519 g/mol. The van der Waals surface area contributed by atoms with E-state index < -0.39 is 5.41 Å². The Kier molecular flexibility index (Phi) is 6.81. The molecule has 4 nitrogen and oxygen atoms in total. The summed E-state index contributed by atoms with van der Waals surface area (Å²) in [7, 11) is 0. The number of amides is 2. The fraction of sp³-hybridized carbons (Fsp3) is 0.562. The molecule has 2 saturated carbocycles. The summed E-state index contributed by atoms with van der Waals surface area (Å²) in [6, 6.07) is 18.7. The summed E-state index contributed by atoms with van der Waals surface area (Å²) in [5, 5.41) is 0.712. The van der Waals surface area contributed by atoms with Gasteiger partial charge in [-0.1, -0.05) is 86.2 Å². The Labute approximate surface area is 226 Å². The van der Waals surface area contributed by atoms with E-state index in [1.807, 2.05) is 12.1 Å². The molecule has 0 radical (unpaired) electrons. The number of nitrogens with zero attached hydrogens (tertiary/aromatic N) is 2. The Bertz CT molecular complexity index is 1110. The van der Waals surface area contributed by atoms with E-state index in [0.717, 1.165) is 76.6 Å². The van der Waals surface area contributed by atoms with Gasteiger partial charge in [-0.25, -0.2) is 0 Å². The maximum atomic E-state index is 14.5. The van der Waals surface area contributed by atoms with Crippen molar-refractivity contribution in [3.05, 3.63) is 70.7 Å². The number of carbonyl (C=O) groups excluding carboxylic acids is 2. The summed E-state index contributed by atoms with van der Waals surface area (Å²) < 4.78 is 0. The van der Waals surface area contributed by atoms with Crippen LogP contribution in [0.1, 0.15) is 87.8 Å². The van der Waals surface area contributed by atoms with Gasteiger partial charge in [0.1, 0.15) is 0 Å². The van der Waals surface area contributed by atoms with Crippen LogP contribution in [-0.2, 0) is 15.0 Å². The number of likely N-dealkylation sites (tertiary alicyclic amines) is 2. The highest BCUT2D eigenvalue weighted by Crippen LogP contribution is 2.57. The van der Waals surface area contributed by atoms with Crippen LogP contribution in [0.15, 0.2) is 54.6 Å². The molecule has 1 unspecified atom stereocenters. The van der Waals surface area contributed by atoms with Crippen LogP contribution in [0.5, 0.6) is 0 Å². The normalized spacial score (nSPS) is 25.2. The fourth-order valence-electron chi connectivity index (χ4n) is 7.95. The standard InChI is InChI=1S/C32H39ClN2O2/c33-27-15-13-26(14-16-27)32(17-7-8-18-32)30(37)35-23-31(28(35)24-9-3-1-4-10-24)19-21-34(22-20-31)29(36)25-11-5-2-6-12-25/h1,3-4,9-10,13-16,25,28H,2,5-8,11-12,17-23H2. The summed E-state index contributed by atoms with van der Waals surface area (Å²) in [6.07, 6.45) is 11.7. The number of hydrogen-bond acceptors (Lipinski definition) is 2. The minimum Gasteiger partial charge on any atom is -0.342 e. The van der Waals surface area contributed by atoms with Gasteiger partial charge in [0.15, 0.2) is 0 Å². The summed E-state index contributed by atoms with van der Waals surface area (Å²) in [4.78, 5) is 32.0. The number of benzene rings is 2. The second kappa shape index (κ2) is 10.1. The van der Waals surface area contributed by atoms with Crippen molar-refractivity contribution in [3.8, 4) is 0 Å². The molecule has 2 aliphatic carbocycles. The van der Waals surface area contributed by atoms with Gasteiger partial charge in [0.2, 0.25) is 11.8 Å². The molecule has 6 rings (SSSR count). The third-order valence-corrected chi connectivity index (χ3v) is 10.3. The molecule has 0 bridgehead atoms. The van der Waals surface area contributed by atoms with Crippen LogP contribution in [0.2, 0.25) is 5.02 Å². The van der Waals surface area contributed by atoms with Crippen molar-refractivity contribution in [1.82, 2.24) is 9.80 Å². The van der Waals surface area contributed by atoms with E-state index in [4.69, 9.17) is 11.6 Å². The number of halogens is 1. The maximum Gasteiger partial charge on any atom is 0.233 e. The first-order chi connectivity index (χ1) is 18.0. The molecule has 0 N–H and O–H groups in total. The molecule has 2 aromatic rings. The van der Waals surface area contributed by atoms with Crippen LogP contribution in [-0.4, -0.2) is 41.2 Å². The summed E-state index contributed by atoms with van der Waals surface area (Å²) >= 11 is 6.21. The van der Waals surface area contributed by atoms with E-state index in [2.05, 4.69) is 52.3 Å². The van der Waals surface area contributed by atoms with Gasteiger partial charge in [0.25, 0.3) is 0 Å². The molecule has 5 heteroatoms. The minimum atomic E-state index is -0.448. The smallest absolute Gasteiger partial charge is 0.233 e. The number of carbonyl (C=O) groups is 2. The Balaban J connectivity index is 1.24. The zero-order valence-electron chi connectivity index (χ0n) is 21.8. The first-order valence-electron chi connectivity index (χ1n) is 14.4. The highest BCUT2D eigenvalue weighted by molar-refractivity contribution is 6.30. The van der Waals surface area contributed by atoms with Gasteiger partial charge in [-0.2, -0.15) is 0 Å². The summed E-state index contributed by atoms with van der Waals surface area (Å²) in [5.41, 5.74) is 1.95. The van der Waals surface area contributed by atoms with Gasteiger partial charge in [-0.05, 0) is 61.8 Å². The van der Waals surface area contributed by atoms with Crippen molar-refractivity contribution in [2.75, 3.05) is 19.6 Å². The van der Waals surface area contributed by atoms with Gasteiger partial charge in [-0.3, -0.25) is 9.59 Å². The first-order valence-corrected chi connectivity index (χ1v) is 14.8. The second-order valence-electron chi connectivity index (χ2n) is 12.1. The molecule has 1 spiro atoms. The van der Waals surface area contributed by atoms with Crippen molar-refractivity contribution < 1.29 is 9.59 Å². The average Bonchev–Trinajstić information content (AvgIpc) is 3.44. The van der Waals surface area contributed by atoms with Crippen LogP contribution < -0.4 is 0 Å². The Morgan fingerprint density at radius 1 is 0.784 bits per heavy atom. The molecule has 2 aliphatic heterocycles. The molecule has 2 heterocycles. The van der Waals surface area contributed by atoms with Crippen LogP contribution in [0, 0.1) is 11.3 Å². The predicted octanol–water partition coefficient (Wildman–Crippen LogP) is 6.92. The summed E-state index contributed by atoms with van der Waals surface area (Å²) in [5.74, 6) is 0.895. The lowest BCUT2D eigenvalue weighted by Crippen LogP contribution is -2.66. The Hall–Kier alpha value is -2.33. The third-order valence-electron chi connectivity index (χ3n) is 10.0. The van der Waals surface area contributed by atoms with Crippen LogP contribution in [0.3, 0.4) is 0 Å². The monoisotopic (exact) mass is 518 g/mol. The molecular formula is C32H39ClN2O2. The number of hydrogen-bond donors (Lipinski definition) is 0. The van der Waals surface area contributed by atoms with E-state index in [1.165, 1.54) is 24.8 Å². The molecule has 0 aromatic heterocycles. The number of rotatable bonds is 4. The molecule has 37 heavy (non-hydrogen) atoms. The van der Waals surface area contributed by atoms with E-state index in [-0.39, 0.29) is 23.3 Å². The largest absolute Gasteiger partial charge is 0.342 e. The molecule has 2 amide bonds. The van der Waals surface area contributed by atoms with Gasteiger partial charge in [0, 0.05) is 36.0 Å². The molecule has 4 aliphatic rings. The van der Waals surface area contributed by atoms with E-state index >= 15 is 0 Å². The lowest BCUT2D eigenvalue weighted by atomic mass is 9.61. The molecular weight excluding hydrogens is 480 g/mol. The van der Waals surface area contributed by atoms with Crippen molar-refractivity contribution in [2.45, 2.75) is 82.1 Å². The zero-order chi connectivity index (χ0) is 25.5.